The summed E-state index contributed by atoms with van der Waals surface area (Å²) in [4.78, 5) is 30.0. The molecule has 0 bridgehead atoms. The number of hydrogen-bond acceptors (Lipinski definition) is 9. The van der Waals surface area contributed by atoms with E-state index in [1.807, 2.05) is 6.07 Å². The Bertz CT molecular complexity index is 1400. The number of ether oxygens (including phenoxy) is 2. The second kappa shape index (κ2) is 11.5. The van der Waals surface area contributed by atoms with Crippen molar-refractivity contribution in [2.24, 2.45) is 0 Å². The van der Waals surface area contributed by atoms with Gasteiger partial charge < -0.3 is 14.8 Å². The van der Waals surface area contributed by atoms with Gasteiger partial charge in [-0.15, -0.1) is 22.7 Å². The van der Waals surface area contributed by atoms with Gasteiger partial charge in [0.25, 0.3) is 11.8 Å². The number of thiophene rings is 1. The zero-order chi connectivity index (χ0) is 25.5. The van der Waals surface area contributed by atoms with Crippen LogP contribution >= 0.6 is 22.7 Å². The van der Waals surface area contributed by atoms with Crippen LogP contribution < -0.4 is 20.1 Å². The van der Waals surface area contributed by atoms with E-state index in [1.54, 1.807) is 29.8 Å². The third kappa shape index (κ3) is 5.71. The van der Waals surface area contributed by atoms with Gasteiger partial charge in [0.15, 0.2) is 23.2 Å². The highest BCUT2D eigenvalue weighted by Gasteiger charge is 2.23. The van der Waals surface area contributed by atoms with E-state index in [1.165, 1.54) is 35.9 Å². The maximum Gasteiger partial charge on any atom is 0.266 e. The highest BCUT2D eigenvalue weighted by molar-refractivity contribution is 7.16. The summed E-state index contributed by atoms with van der Waals surface area (Å²) in [6, 6.07) is 8.96. The van der Waals surface area contributed by atoms with Gasteiger partial charge in [-0.2, -0.15) is 10.5 Å². The number of fused-ring (bicyclic) bond motifs is 1. The van der Waals surface area contributed by atoms with Crippen molar-refractivity contribution in [1.82, 2.24) is 4.98 Å². The molecule has 2 N–H and O–H groups in total. The van der Waals surface area contributed by atoms with Crippen LogP contribution in [0.1, 0.15) is 34.4 Å². The Balaban J connectivity index is 1.46. The highest BCUT2D eigenvalue weighted by atomic mass is 32.1. The van der Waals surface area contributed by atoms with E-state index in [4.69, 9.17) is 9.47 Å². The van der Waals surface area contributed by atoms with E-state index in [2.05, 4.69) is 21.7 Å². The SMILES string of the molecule is COc1cc(/C=C(\C#N)C(=O)Nc2sc3c(c2C#N)CCCC3)ccc1OCC(=O)Nc1nccs1. The summed E-state index contributed by atoms with van der Waals surface area (Å²) >= 11 is 2.70. The number of anilines is 2. The quantitative estimate of drug-likeness (QED) is 0.329. The number of hydrogen-bond donors (Lipinski definition) is 2. The smallest absolute Gasteiger partial charge is 0.266 e. The first-order chi connectivity index (χ1) is 17.5. The number of thiazole rings is 1. The van der Waals surface area contributed by atoms with E-state index in [9.17, 15) is 20.1 Å². The Morgan fingerprint density at radius 3 is 2.75 bits per heavy atom. The molecule has 11 heteroatoms. The van der Waals surface area contributed by atoms with Gasteiger partial charge in [0.2, 0.25) is 0 Å². The number of aryl methyl sites for hydroxylation is 1. The molecule has 0 unspecified atom stereocenters. The van der Waals surface area contributed by atoms with Crippen molar-refractivity contribution < 1.29 is 19.1 Å². The molecule has 0 spiro atoms. The normalized spacial score (nSPS) is 12.6. The molecule has 0 radical (unpaired) electrons. The molecule has 1 aliphatic carbocycles. The minimum atomic E-state index is -0.592. The first kappa shape index (κ1) is 24.9. The third-order valence-electron chi connectivity index (χ3n) is 5.41. The molecule has 0 atom stereocenters. The molecule has 9 nitrogen and oxygen atoms in total. The van der Waals surface area contributed by atoms with E-state index in [0.717, 1.165) is 36.1 Å². The lowest BCUT2D eigenvalue weighted by Crippen LogP contribution is -2.20. The van der Waals surface area contributed by atoms with Crippen LogP contribution in [0.4, 0.5) is 10.1 Å². The van der Waals surface area contributed by atoms with Crippen molar-refractivity contribution in [3.63, 3.8) is 0 Å². The van der Waals surface area contributed by atoms with Gasteiger partial charge in [0.05, 0.1) is 12.7 Å². The first-order valence-corrected chi connectivity index (χ1v) is 12.7. The summed E-state index contributed by atoms with van der Waals surface area (Å²) in [5.41, 5.74) is 1.91. The summed E-state index contributed by atoms with van der Waals surface area (Å²) < 4.78 is 10.9. The molecule has 2 amide bonds. The average molecular weight is 520 g/mol. The number of aromatic nitrogens is 1. The van der Waals surface area contributed by atoms with Gasteiger partial charge in [0.1, 0.15) is 22.7 Å². The molecular weight excluding hydrogens is 498 g/mol. The van der Waals surface area contributed by atoms with E-state index in [-0.39, 0.29) is 18.1 Å². The fourth-order valence-electron chi connectivity index (χ4n) is 3.73. The summed E-state index contributed by atoms with van der Waals surface area (Å²) in [5, 5.41) is 27.3. The minimum Gasteiger partial charge on any atom is -0.493 e. The minimum absolute atomic E-state index is 0.121. The summed E-state index contributed by atoms with van der Waals surface area (Å²) in [6.07, 6.45) is 6.82. The molecule has 36 heavy (non-hydrogen) atoms. The molecule has 1 aromatic carbocycles. The molecule has 3 aromatic rings. The Labute approximate surface area is 215 Å². The number of carbonyl (C=O) groups is 2. The van der Waals surface area contributed by atoms with Crippen LogP contribution in [0.15, 0.2) is 35.3 Å². The third-order valence-corrected chi connectivity index (χ3v) is 7.31. The van der Waals surface area contributed by atoms with Crippen LogP contribution in [0.25, 0.3) is 6.08 Å². The van der Waals surface area contributed by atoms with Gasteiger partial charge in [-0.1, -0.05) is 6.07 Å². The van der Waals surface area contributed by atoms with Crippen molar-refractivity contribution in [3.05, 3.63) is 56.9 Å². The van der Waals surface area contributed by atoms with Crippen LogP contribution in [0.2, 0.25) is 0 Å². The molecular formula is C25H21N5O4S2. The maximum atomic E-state index is 12.8. The average Bonchev–Trinajstić information content (AvgIpc) is 3.53. The molecule has 0 fully saturated rings. The van der Waals surface area contributed by atoms with Gasteiger partial charge >= 0.3 is 0 Å². The fourth-order valence-corrected chi connectivity index (χ4v) is 5.51. The van der Waals surface area contributed by atoms with Crippen LogP contribution in [0.5, 0.6) is 11.5 Å². The first-order valence-electron chi connectivity index (χ1n) is 11.0. The zero-order valence-electron chi connectivity index (χ0n) is 19.3. The predicted octanol–water partition coefficient (Wildman–Crippen LogP) is 4.53. The molecule has 2 aromatic heterocycles. The number of benzene rings is 1. The summed E-state index contributed by atoms with van der Waals surface area (Å²) in [6.45, 7) is -0.247. The number of methoxy groups -OCH3 is 1. The predicted molar refractivity (Wildman–Crippen MR) is 137 cm³/mol. The van der Waals surface area contributed by atoms with Crippen LogP contribution in [0.3, 0.4) is 0 Å². The molecule has 0 saturated heterocycles. The number of nitrogens with one attached hydrogen (secondary N) is 2. The number of nitrogens with zero attached hydrogens (tertiary/aromatic N) is 3. The van der Waals surface area contributed by atoms with E-state index < -0.39 is 5.91 Å². The maximum absolute atomic E-state index is 12.8. The number of carbonyl (C=O) groups excluding carboxylic acids is 2. The Morgan fingerprint density at radius 1 is 1.19 bits per heavy atom. The Hall–Kier alpha value is -4.19. The van der Waals surface area contributed by atoms with Crippen molar-refractivity contribution >= 4 is 50.7 Å². The molecule has 0 aliphatic heterocycles. The number of amides is 2. The van der Waals surface area contributed by atoms with Crippen LogP contribution in [-0.4, -0.2) is 30.5 Å². The summed E-state index contributed by atoms with van der Waals surface area (Å²) in [5.74, 6) is -0.298. The Morgan fingerprint density at radius 2 is 2.03 bits per heavy atom. The van der Waals surface area contributed by atoms with E-state index >= 15 is 0 Å². The lowest BCUT2D eigenvalue weighted by Gasteiger charge is -2.11. The number of nitriles is 2. The summed E-state index contributed by atoms with van der Waals surface area (Å²) in [7, 11) is 1.45. The van der Waals surface area contributed by atoms with Crippen molar-refractivity contribution in [2.75, 3.05) is 24.4 Å². The Kier molecular flexibility index (Phi) is 7.95. The largest absolute Gasteiger partial charge is 0.493 e. The second-order valence-corrected chi connectivity index (χ2v) is 9.73. The molecule has 1 aliphatic rings. The van der Waals surface area contributed by atoms with Crippen molar-refractivity contribution in [2.45, 2.75) is 25.7 Å². The van der Waals surface area contributed by atoms with Gasteiger partial charge in [-0.3, -0.25) is 14.9 Å². The van der Waals surface area contributed by atoms with Crippen molar-refractivity contribution in [1.29, 1.82) is 10.5 Å². The molecule has 182 valence electrons. The molecule has 2 heterocycles. The topological polar surface area (TPSA) is 137 Å². The van der Waals surface area contributed by atoms with Gasteiger partial charge in [0, 0.05) is 16.5 Å². The fraction of sp³-hybridized carbons (Fsp3) is 0.240. The standard InChI is InChI=1S/C25H21N5O4S2/c1-33-20-11-15(6-7-19(20)34-14-22(31)29-25-28-8-9-35-25)10-16(12-26)23(32)30-24-18(13-27)17-4-2-3-5-21(17)36-24/h6-11H,2-5,14H2,1H3,(H,30,32)(H,28,29,31)/b16-10+. The molecule has 0 saturated carbocycles. The monoisotopic (exact) mass is 519 g/mol. The van der Waals surface area contributed by atoms with Crippen LogP contribution in [0, 0.1) is 22.7 Å². The van der Waals surface area contributed by atoms with Gasteiger partial charge in [-0.05, 0) is 55.0 Å². The highest BCUT2D eigenvalue weighted by Crippen LogP contribution is 2.38. The number of rotatable bonds is 8. The van der Waals surface area contributed by atoms with Crippen LogP contribution in [-0.2, 0) is 22.4 Å². The lowest BCUT2D eigenvalue weighted by molar-refractivity contribution is -0.118. The van der Waals surface area contributed by atoms with E-state index in [0.29, 0.717) is 32.8 Å². The zero-order valence-corrected chi connectivity index (χ0v) is 20.9. The molecule has 4 rings (SSSR count). The lowest BCUT2D eigenvalue weighted by atomic mass is 9.96. The second-order valence-electron chi connectivity index (χ2n) is 7.74. The van der Waals surface area contributed by atoms with Crippen molar-refractivity contribution in [3.8, 4) is 23.6 Å². The van der Waals surface area contributed by atoms with Gasteiger partial charge in [-0.25, -0.2) is 4.98 Å².